The van der Waals surface area contributed by atoms with Gasteiger partial charge in [-0.25, -0.2) is 0 Å². The number of aromatic nitrogens is 1. The van der Waals surface area contributed by atoms with Gasteiger partial charge in [0.1, 0.15) is 5.75 Å². The van der Waals surface area contributed by atoms with Gasteiger partial charge in [0.25, 0.3) is 0 Å². The fourth-order valence-electron chi connectivity index (χ4n) is 2.07. The number of H-pyrrole nitrogens is 1. The number of benzene rings is 2. The van der Waals surface area contributed by atoms with E-state index in [2.05, 4.69) is 4.98 Å². The van der Waals surface area contributed by atoms with Gasteiger partial charge in [-0.2, -0.15) is 0 Å². The van der Waals surface area contributed by atoms with Crippen LogP contribution in [0.5, 0.6) is 5.75 Å². The van der Waals surface area contributed by atoms with Crippen LogP contribution < -0.4 is 10.3 Å². The minimum atomic E-state index is -0.0836. The second-order valence-corrected chi connectivity index (χ2v) is 3.94. The normalized spacial score (nSPS) is 10.9. The smallest absolute Gasteiger partial charge is 0.248 e. The molecule has 3 nitrogen and oxygen atoms in total. The molecule has 0 aliphatic rings. The fourth-order valence-corrected chi connectivity index (χ4v) is 2.07. The number of hydrogen-bond acceptors (Lipinski definition) is 2. The molecule has 1 heterocycles. The molecule has 3 heteroatoms. The average molecular weight is 225 g/mol. The van der Waals surface area contributed by atoms with E-state index in [1.807, 2.05) is 36.4 Å². The van der Waals surface area contributed by atoms with Crippen molar-refractivity contribution in [1.29, 1.82) is 0 Å². The Morgan fingerprint density at radius 3 is 2.65 bits per heavy atom. The SMILES string of the molecule is COc1ccc2ccc3[nH]c(=O)ccc3c2c1. The first-order valence-corrected chi connectivity index (χ1v) is 5.38. The van der Waals surface area contributed by atoms with Crippen molar-refractivity contribution in [1.82, 2.24) is 4.98 Å². The van der Waals surface area contributed by atoms with Crippen LogP contribution in [0.15, 0.2) is 47.3 Å². The largest absolute Gasteiger partial charge is 0.497 e. The summed E-state index contributed by atoms with van der Waals surface area (Å²) < 4.78 is 5.22. The van der Waals surface area contributed by atoms with Crippen LogP contribution in [0, 0.1) is 0 Å². The van der Waals surface area contributed by atoms with Gasteiger partial charge in [0.05, 0.1) is 7.11 Å². The summed E-state index contributed by atoms with van der Waals surface area (Å²) in [5, 5.41) is 3.24. The van der Waals surface area contributed by atoms with Gasteiger partial charge in [-0.3, -0.25) is 4.79 Å². The van der Waals surface area contributed by atoms with Gasteiger partial charge in [0, 0.05) is 17.0 Å². The number of pyridine rings is 1. The molecule has 0 bridgehead atoms. The van der Waals surface area contributed by atoms with Gasteiger partial charge in [0.15, 0.2) is 0 Å². The average Bonchev–Trinajstić information content (AvgIpc) is 2.37. The van der Waals surface area contributed by atoms with Gasteiger partial charge < -0.3 is 9.72 Å². The Morgan fingerprint density at radius 1 is 1.00 bits per heavy atom. The third kappa shape index (κ3) is 1.56. The molecule has 0 saturated heterocycles. The Labute approximate surface area is 97.7 Å². The molecule has 84 valence electrons. The topological polar surface area (TPSA) is 42.1 Å². The second kappa shape index (κ2) is 3.63. The van der Waals surface area contributed by atoms with E-state index in [1.165, 1.54) is 0 Å². The van der Waals surface area contributed by atoms with E-state index in [0.717, 1.165) is 27.4 Å². The summed E-state index contributed by atoms with van der Waals surface area (Å²) in [6.45, 7) is 0. The summed E-state index contributed by atoms with van der Waals surface area (Å²) in [4.78, 5) is 14.1. The van der Waals surface area contributed by atoms with Gasteiger partial charge in [-0.1, -0.05) is 12.1 Å². The Hall–Kier alpha value is -2.29. The maximum atomic E-state index is 11.3. The summed E-state index contributed by atoms with van der Waals surface area (Å²) in [6.07, 6.45) is 0. The lowest BCUT2D eigenvalue weighted by Crippen LogP contribution is -2.02. The zero-order valence-electron chi connectivity index (χ0n) is 9.36. The van der Waals surface area contributed by atoms with Crippen molar-refractivity contribution < 1.29 is 4.74 Å². The molecule has 0 atom stereocenters. The van der Waals surface area contributed by atoms with E-state index < -0.39 is 0 Å². The van der Waals surface area contributed by atoms with Crippen molar-refractivity contribution in [3.05, 3.63) is 52.8 Å². The van der Waals surface area contributed by atoms with E-state index in [9.17, 15) is 4.79 Å². The van der Waals surface area contributed by atoms with Gasteiger partial charge in [-0.05, 0) is 35.0 Å². The highest BCUT2D eigenvalue weighted by atomic mass is 16.5. The summed E-state index contributed by atoms with van der Waals surface area (Å²) in [5.41, 5.74) is 0.762. The van der Waals surface area contributed by atoms with E-state index in [-0.39, 0.29) is 5.56 Å². The number of ether oxygens (including phenoxy) is 1. The van der Waals surface area contributed by atoms with Crippen LogP contribution in [0.2, 0.25) is 0 Å². The van der Waals surface area contributed by atoms with Gasteiger partial charge in [-0.15, -0.1) is 0 Å². The predicted octanol–water partition coefficient (Wildman–Crippen LogP) is 2.69. The first kappa shape index (κ1) is 9.90. The summed E-state index contributed by atoms with van der Waals surface area (Å²) in [5.74, 6) is 0.816. The van der Waals surface area contributed by atoms with Crippen molar-refractivity contribution in [2.45, 2.75) is 0 Å². The summed E-state index contributed by atoms with van der Waals surface area (Å²) >= 11 is 0. The third-order valence-corrected chi connectivity index (χ3v) is 2.93. The van der Waals surface area contributed by atoms with Crippen molar-refractivity contribution >= 4 is 21.7 Å². The Kier molecular flexibility index (Phi) is 2.11. The molecule has 0 fully saturated rings. The van der Waals surface area contributed by atoms with Crippen molar-refractivity contribution in [2.75, 3.05) is 7.11 Å². The first-order valence-electron chi connectivity index (χ1n) is 5.38. The number of methoxy groups -OCH3 is 1. The van der Waals surface area contributed by atoms with Crippen molar-refractivity contribution in [3.8, 4) is 5.75 Å². The van der Waals surface area contributed by atoms with Crippen LogP contribution in [-0.2, 0) is 0 Å². The minimum absolute atomic E-state index is 0.0836. The Morgan fingerprint density at radius 2 is 1.82 bits per heavy atom. The quantitative estimate of drug-likeness (QED) is 0.647. The van der Waals surface area contributed by atoms with Crippen LogP contribution in [0.1, 0.15) is 0 Å². The molecular weight excluding hydrogens is 214 g/mol. The molecular formula is C14H11NO2. The minimum Gasteiger partial charge on any atom is -0.497 e. The predicted molar refractivity (Wildman–Crippen MR) is 68.6 cm³/mol. The van der Waals surface area contributed by atoms with Gasteiger partial charge >= 0.3 is 0 Å². The number of hydrogen-bond donors (Lipinski definition) is 1. The van der Waals surface area contributed by atoms with E-state index >= 15 is 0 Å². The molecule has 0 unspecified atom stereocenters. The zero-order chi connectivity index (χ0) is 11.8. The first-order chi connectivity index (χ1) is 8.28. The van der Waals surface area contributed by atoms with Crippen LogP contribution >= 0.6 is 0 Å². The highest BCUT2D eigenvalue weighted by Crippen LogP contribution is 2.26. The molecule has 17 heavy (non-hydrogen) atoms. The number of aromatic amines is 1. The van der Waals surface area contributed by atoms with Crippen molar-refractivity contribution in [3.63, 3.8) is 0 Å². The summed E-state index contributed by atoms with van der Waals surface area (Å²) in [7, 11) is 1.65. The monoisotopic (exact) mass is 225 g/mol. The molecule has 0 aliphatic carbocycles. The molecule has 0 spiro atoms. The standard InChI is InChI=1S/C14H11NO2/c1-17-10-4-2-9-3-6-13-11(12(9)8-10)5-7-14(16)15-13/h2-8H,1H3,(H,15,16). The van der Waals surface area contributed by atoms with Crippen molar-refractivity contribution in [2.24, 2.45) is 0 Å². The zero-order valence-corrected chi connectivity index (χ0v) is 9.36. The van der Waals surface area contributed by atoms with Crippen LogP contribution in [-0.4, -0.2) is 12.1 Å². The second-order valence-electron chi connectivity index (χ2n) is 3.94. The van der Waals surface area contributed by atoms with Crippen LogP contribution in [0.3, 0.4) is 0 Å². The summed E-state index contributed by atoms with van der Waals surface area (Å²) in [6, 6.07) is 13.2. The molecule has 0 amide bonds. The molecule has 3 aromatic rings. The number of fused-ring (bicyclic) bond motifs is 3. The van der Waals surface area contributed by atoms with E-state index in [4.69, 9.17) is 4.74 Å². The molecule has 1 aromatic heterocycles. The Balaban J connectivity index is 2.48. The Bertz CT molecular complexity index is 759. The lowest BCUT2D eigenvalue weighted by Gasteiger charge is -2.05. The maximum absolute atomic E-state index is 11.3. The van der Waals surface area contributed by atoms with Crippen LogP contribution in [0.4, 0.5) is 0 Å². The highest BCUT2D eigenvalue weighted by Gasteiger charge is 2.02. The third-order valence-electron chi connectivity index (χ3n) is 2.93. The lowest BCUT2D eigenvalue weighted by molar-refractivity contribution is 0.415. The lowest BCUT2D eigenvalue weighted by atomic mass is 10.1. The van der Waals surface area contributed by atoms with E-state index in [0.29, 0.717) is 0 Å². The van der Waals surface area contributed by atoms with Crippen LogP contribution in [0.25, 0.3) is 21.7 Å². The number of nitrogens with one attached hydrogen (secondary N) is 1. The molecule has 0 saturated carbocycles. The van der Waals surface area contributed by atoms with Gasteiger partial charge in [0.2, 0.25) is 5.56 Å². The molecule has 2 aromatic carbocycles. The maximum Gasteiger partial charge on any atom is 0.248 e. The fraction of sp³-hybridized carbons (Fsp3) is 0.0714. The molecule has 0 radical (unpaired) electrons. The molecule has 1 N–H and O–H groups in total. The number of rotatable bonds is 1. The molecule has 3 rings (SSSR count). The van der Waals surface area contributed by atoms with E-state index in [1.54, 1.807) is 13.2 Å². The molecule has 0 aliphatic heterocycles. The highest BCUT2D eigenvalue weighted by molar-refractivity contribution is 6.06.